The molecule has 114 valence electrons. The normalized spacial score (nSPS) is 11.2. The highest BCUT2D eigenvalue weighted by Crippen LogP contribution is 2.14. The van der Waals surface area contributed by atoms with Gasteiger partial charge >= 0.3 is 0 Å². The van der Waals surface area contributed by atoms with Crippen LogP contribution in [-0.2, 0) is 17.9 Å². The van der Waals surface area contributed by atoms with E-state index in [0.717, 1.165) is 31.9 Å². The Morgan fingerprint density at radius 1 is 1.14 bits per heavy atom. The summed E-state index contributed by atoms with van der Waals surface area (Å²) in [5.41, 5.74) is 2.72. The van der Waals surface area contributed by atoms with Gasteiger partial charge in [-0.1, -0.05) is 38.1 Å². The Bertz CT molecular complexity index is 488. The molecule has 3 heteroatoms. The standard InChI is InChI=1S/C18H25NO2/c1-15(2)17-8-6-16(7-9-17)13-19-10-4-11-20-14-18-5-3-12-21-18/h3,5-9,12,15,19H,4,10-11,13-14H2,1-2H3. The molecule has 0 aliphatic rings. The number of hydrogen-bond acceptors (Lipinski definition) is 3. The first-order valence-corrected chi connectivity index (χ1v) is 7.65. The maximum Gasteiger partial charge on any atom is 0.129 e. The molecule has 0 fully saturated rings. The molecule has 0 aliphatic carbocycles. The van der Waals surface area contributed by atoms with Gasteiger partial charge in [-0.05, 0) is 42.1 Å². The predicted octanol–water partition coefficient (Wildman–Crippen LogP) is 4.10. The third-order valence-electron chi connectivity index (χ3n) is 3.44. The molecule has 2 aromatic rings. The van der Waals surface area contributed by atoms with Crippen LogP contribution in [0.4, 0.5) is 0 Å². The second-order valence-corrected chi connectivity index (χ2v) is 5.56. The maximum atomic E-state index is 5.54. The molecule has 0 radical (unpaired) electrons. The molecule has 0 saturated heterocycles. The Labute approximate surface area is 127 Å². The molecule has 0 aliphatic heterocycles. The van der Waals surface area contributed by atoms with E-state index in [4.69, 9.17) is 9.15 Å². The number of ether oxygens (including phenoxy) is 1. The van der Waals surface area contributed by atoms with Crippen molar-refractivity contribution in [3.05, 3.63) is 59.5 Å². The number of benzene rings is 1. The minimum Gasteiger partial charge on any atom is -0.467 e. The van der Waals surface area contributed by atoms with Gasteiger partial charge in [0, 0.05) is 13.2 Å². The highest BCUT2D eigenvalue weighted by atomic mass is 16.5. The minimum absolute atomic E-state index is 0.559. The summed E-state index contributed by atoms with van der Waals surface area (Å²) in [6, 6.07) is 12.7. The van der Waals surface area contributed by atoms with E-state index in [1.807, 2.05) is 12.1 Å². The first-order valence-electron chi connectivity index (χ1n) is 7.65. The van der Waals surface area contributed by atoms with E-state index in [-0.39, 0.29) is 0 Å². The number of furan rings is 1. The van der Waals surface area contributed by atoms with E-state index < -0.39 is 0 Å². The van der Waals surface area contributed by atoms with Gasteiger partial charge in [-0.3, -0.25) is 0 Å². The molecule has 0 amide bonds. The summed E-state index contributed by atoms with van der Waals surface area (Å²) in [5, 5.41) is 3.44. The molecule has 1 heterocycles. The van der Waals surface area contributed by atoms with Gasteiger partial charge in [0.2, 0.25) is 0 Å². The number of nitrogens with one attached hydrogen (secondary N) is 1. The van der Waals surface area contributed by atoms with Crippen molar-refractivity contribution in [2.24, 2.45) is 0 Å². The van der Waals surface area contributed by atoms with Crippen LogP contribution in [0.2, 0.25) is 0 Å². The van der Waals surface area contributed by atoms with Gasteiger partial charge in [0.1, 0.15) is 12.4 Å². The zero-order valence-corrected chi connectivity index (χ0v) is 13.0. The van der Waals surface area contributed by atoms with Crippen LogP contribution in [0.25, 0.3) is 0 Å². The van der Waals surface area contributed by atoms with Crippen molar-refractivity contribution in [1.82, 2.24) is 5.32 Å². The minimum atomic E-state index is 0.559. The summed E-state index contributed by atoms with van der Waals surface area (Å²) in [4.78, 5) is 0. The summed E-state index contributed by atoms with van der Waals surface area (Å²) >= 11 is 0. The van der Waals surface area contributed by atoms with E-state index in [1.165, 1.54) is 11.1 Å². The van der Waals surface area contributed by atoms with Crippen molar-refractivity contribution in [2.45, 2.75) is 39.3 Å². The van der Waals surface area contributed by atoms with Crippen molar-refractivity contribution in [1.29, 1.82) is 0 Å². The molecular formula is C18H25NO2. The topological polar surface area (TPSA) is 34.4 Å². The molecule has 1 aromatic heterocycles. The largest absolute Gasteiger partial charge is 0.467 e. The monoisotopic (exact) mass is 287 g/mol. The van der Waals surface area contributed by atoms with Crippen LogP contribution in [0.15, 0.2) is 47.1 Å². The molecule has 3 nitrogen and oxygen atoms in total. The van der Waals surface area contributed by atoms with Gasteiger partial charge in [0.15, 0.2) is 0 Å². The summed E-state index contributed by atoms with van der Waals surface area (Å²) in [6.07, 6.45) is 2.68. The lowest BCUT2D eigenvalue weighted by atomic mass is 10.0. The van der Waals surface area contributed by atoms with Crippen molar-refractivity contribution < 1.29 is 9.15 Å². The zero-order valence-electron chi connectivity index (χ0n) is 13.0. The maximum absolute atomic E-state index is 5.54. The highest BCUT2D eigenvalue weighted by molar-refractivity contribution is 5.24. The molecule has 21 heavy (non-hydrogen) atoms. The molecule has 1 N–H and O–H groups in total. The van der Waals surface area contributed by atoms with Crippen LogP contribution >= 0.6 is 0 Å². The van der Waals surface area contributed by atoms with Crippen molar-refractivity contribution >= 4 is 0 Å². The summed E-state index contributed by atoms with van der Waals surface area (Å²) < 4.78 is 10.7. The van der Waals surface area contributed by atoms with Crippen LogP contribution in [0.5, 0.6) is 0 Å². The number of rotatable bonds is 9. The summed E-state index contributed by atoms with van der Waals surface area (Å²) in [5.74, 6) is 1.48. The first kappa shape index (κ1) is 15.8. The van der Waals surface area contributed by atoms with Gasteiger partial charge in [-0.2, -0.15) is 0 Å². The van der Waals surface area contributed by atoms with Gasteiger partial charge in [-0.25, -0.2) is 0 Å². The molecule has 0 spiro atoms. The second-order valence-electron chi connectivity index (χ2n) is 5.56. The Hall–Kier alpha value is -1.58. The molecule has 1 aromatic carbocycles. The van der Waals surface area contributed by atoms with Crippen LogP contribution in [0.3, 0.4) is 0 Å². The average Bonchev–Trinajstić information content (AvgIpc) is 3.00. The van der Waals surface area contributed by atoms with E-state index in [9.17, 15) is 0 Å². The Morgan fingerprint density at radius 3 is 2.62 bits per heavy atom. The molecule has 0 saturated carbocycles. The van der Waals surface area contributed by atoms with Crippen molar-refractivity contribution in [3.8, 4) is 0 Å². The van der Waals surface area contributed by atoms with E-state index in [0.29, 0.717) is 12.5 Å². The molecule has 0 bridgehead atoms. The van der Waals surface area contributed by atoms with Gasteiger partial charge in [-0.15, -0.1) is 0 Å². The summed E-state index contributed by atoms with van der Waals surface area (Å²) in [7, 11) is 0. The highest BCUT2D eigenvalue weighted by Gasteiger charge is 1.99. The van der Waals surface area contributed by atoms with E-state index in [2.05, 4.69) is 43.4 Å². The van der Waals surface area contributed by atoms with Crippen LogP contribution in [0.1, 0.15) is 43.1 Å². The fourth-order valence-electron chi connectivity index (χ4n) is 2.12. The lowest BCUT2D eigenvalue weighted by Gasteiger charge is -2.08. The SMILES string of the molecule is CC(C)c1ccc(CNCCCOCc2ccco2)cc1. The lowest BCUT2D eigenvalue weighted by molar-refractivity contribution is 0.104. The van der Waals surface area contributed by atoms with Gasteiger partial charge in [0.25, 0.3) is 0 Å². The van der Waals surface area contributed by atoms with Gasteiger partial charge in [0.05, 0.1) is 6.26 Å². The average molecular weight is 287 g/mol. The molecule has 0 unspecified atom stereocenters. The van der Waals surface area contributed by atoms with Crippen LogP contribution < -0.4 is 5.32 Å². The Balaban J connectivity index is 1.53. The lowest BCUT2D eigenvalue weighted by Crippen LogP contribution is -2.16. The third-order valence-corrected chi connectivity index (χ3v) is 3.44. The fourth-order valence-corrected chi connectivity index (χ4v) is 2.12. The molecule has 2 rings (SSSR count). The zero-order chi connectivity index (χ0) is 14.9. The summed E-state index contributed by atoms with van der Waals surface area (Å²) in [6.45, 7) is 7.62. The van der Waals surface area contributed by atoms with E-state index in [1.54, 1.807) is 6.26 Å². The fraction of sp³-hybridized carbons (Fsp3) is 0.444. The van der Waals surface area contributed by atoms with Crippen LogP contribution in [-0.4, -0.2) is 13.2 Å². The van der Waals surface area contributed by atoms with Crippen molar-refractivity contribution in [2.75, 3.05) is 13.2 Å². The van der Waals surface area contributed by atoms with Crippen LogP contribution in [0, 0.1) is 0 Å². The Kier molecular flexibility index (Phi) is 6.51. The van der Waals surface area contributed by atoms with Crippen molar-refractivity contribution in [3.63, 3.8) is 0 Å². The van der Waals surface area contributed by atoms with E-state index >= 15 is 0 Å². The smallest absolute Gasteiger partial charge is 0.129 e. The quantitative estimate of drug-likeness (QED) is 0.705. The molecular weight excluding hydrogens is 262 g/mol. The molecule has 0 atom stereocenters. The third kappa shape index (κ3) is 5.74. The Morgan fingerprint density at radius 2 is 1.95 bits per heavy atom. The second kappa shape index (κ2) is 8.65. The first-order chi connectivity index (χ1) is 10.3. The van der Waals surface area contributed by atoms with Gasteiger partial charge < -0.3 is 14.5 Å². The number of hydrogen-bond donors (Lipinski definition) is 1. The predicted molar refractivity (Wildman–Crippen MR) is 85.2 cm³/mol.